The first-order valence-electron chi connectivity index (χ1n) is 7.75. The van der Waals surface area contributed by atoms with Gasteiger partial charge in [-0.3, -0.25) is 13.9 Å². The van der Waals surface area contributed by atoms with Crippen molar-refractivity contribution < 1.29 is 23.1 Å². The van der Waals surface area contributed by atoms with Crippen molar-refractivity contribution in [2.24, 2.45) is 5.41 Å². The topological polar surface area (TPSA) is 95.0 Å². The van der Waals surface area contributed by atoms with Crippen LogP contribution < -0.4 is 4.31 Å². The molecule has 2 aliphatic rings. The fraction of sp³-hybridized carbons (Fsp3) is 0.500. The van der Waals surface area contributed by atoms with E-state index in [1.807, 2.05) is 0 Å². The Kier molecular flexibility index (Phi) is 3.82. The van der Waals surface area contributed by atoms with Gasteiger partial charge in [-0.15, -0.1) is 0 Å². The second kappa shape index (κ2) is 5.47. The maximum atomic E-state index is 12.6. The third-order valence-electron chi connectivity index (χ3n) is 4.86. The van der Waals surface area contributed by atoms with Crippen LogP contribution in [0, 0.1) is 5.41 Å². The molecule has 1 aromatic rings. The number of sulfonamides is 1. The quantitative estimate of drug-likeness (QED) is 0.874. The molecule has 0 spiro atoms. The van der Waals surface area contributed by atoms with Crippen LogP contribution in [0.4, 0.5) is 5.69 Å². The average Bonchev–Trinajstić information content (AvgIpc) is 3.09. The molecule has 7 nitrogen and oxygen atoms in total. The van der Waals surface area contributed by atoms with E-state index in [9.17, 15) is 23.1 Å². The van der Waals surface area contributed by atoms with Gasteiger partial charge in [0.25, 0.3) is 5.91 Å². The molecule has 1 fully saturated rings. The van der Waals surface area contributed by atoms with E-state index in [0.29, 0.717) is 37.2 Å². The van der Waals surface area contributed by atoms with Crippen LogP contribution in [0.2, 0.25) is 0 Å². The van der Waals surface area contributed by atoms with Crippen LogP contribution in [0.3, 0.4) is 0 Å². The fourth-order valence-electron chi connectivity index (χ4n) is 3.34. The molecule has 1 saturated heterocycles. The molecular weight excluding hydrogens is 332 g/mol. The highest BCUT2D eigenvalue weighted by Gasteiger charge is 2.42. The summed E-state index contributed by atoms with van der Waals surface area (Å²) in [5.41, 5.74) is 1.01. The molecule has 8 heteroatoms. The zero-order valence-corrected chi connectivity index (χ0v) is 14.5. The second-order valence-corrected chi connectivity index (χ2v) is 8.68. The van der Waals surface area contributed by atoms with Crippen LogP contribution in [-0.2, 0) is 21.2 Å². The lowest BCUT2D eigenvalue weighted by molar-refractivity contribution is -0.147. The summed E-state index contributed by atoms with van der Waals surface area (Å²) in [5, 5.41) is 9.27. The summed E-state index contributed by atoms with van der Waals surface area (Å²) in [5.74, 6) is -1.10. The summed E-state index contributed by atoms with van der Waals surface area (Å²) in [7, 11) is -3.32. The van der Waals surface area contributed by atoms with Crippen molar-refractivity contribution >= 4 is 27.6 Å². The first-order chi connectivity index (χ1) is 11.1. The number of carbonyl (C=O) groups excluding carboxylic acids is 1. The third-order valence-corrected chi connectivity index (χ3v) is 6.04. The fourth-order valence-corrected chi connectivity index (χ4v) is 4.30. The minimum Gasteiger partial charge on any atom is -0.481 e. The number of aliphatic carboxylic acids is 1. The number of amides is 1. The van der Waals surface area contributed by atoms with E-state index in [1.54, 1.807) is 30.0 Å². The number of carboxylic acid groups (broad SMARTS) is 1. The number of benzene rings is 1. The highest BCUT2D eigenvalue weighted by Crippen LogP contribution is 2.33. The van der Waals surface area contributed by atoms with Crippen molar-refractivity contribution in [3.05, 3.63) is 29.3 Å². The highest BCUT2D eigenvalue weighted by molar-refractivity contribution is 7.92. The van der Waals surface area contributed by atoms with Crippen molar-refractivity contribution in [1.29, 1.82) is 0 Å². The van der Waals surface area contributed by atoms with E-state index < -0.39 is 21.4 Å². The Morgan fingerprint density at radius 1 is 1.25 bits per heavy atom. The van der Waals surface area contributed by atoms with Gasteiger partial charge in [0.05, 0.1) is 17.4 Å². The van der Waals surface area contributed by atoms with Crippen LogP contribution in [0.5, 0.6) is 0 Å². The third kappa shape index (κ3) is 2.75. The minimum atomic E-state index is -3.32. The van der Waals surface area contributed by atoms with E-state index in [4.69, 9.17) is 0 Å². The largest absolute Gasteiger partial charge is 0.481 e. The number of carbonyl (C=O) groups is 2. The summed E-state index contributed by atoms with van der Waals surface area (Å²) >= 11 is 0. The van der Waals surface area contributed by atoms with Crippen molar-refractivity contribution in [2.45, 2.75) is 19.8 Å². The molecule has 0 saturated carbocycles. The van der Waals surface area contributed by atoms with E-state index in [-0.39, 0.29) is 12.5 Å². The van der Waals surface area contributed by atoms with Crippen LogP contribution in [0.1, 0.15) is 29.3 Å². The summed E-state index contributed by atoms with van der Waals surface area (Å²) in [4.78, 5) is 25.5. The lowest BCUT2D eigenvalue weighted by atomic mass is 9.90. The summed E-state index contributed by atoms with van der Waals surface area (Å²) < 4.78 is 24.9. The standard InChI is InChI=1S/C16H20N2O5S/c1-16(15(20)21)6-8-17(10-16)14(19)12-3-4-13-11(9-12)5-7-18(13)24(2,22)23/h3-4,9H,5-8,10H2,1-2H3,(H,20,21). The lowest BCUT2D eigenvalue weighted by Crippen LogP contribution is -2.34. The monoisotopic (exact) mass is 352 g/mol. The number of hydrogen-bond acceptors (Lipinski definition) is 4. The van der Waals surface area contributed by atoms with Gasteiger partial charge in [0, 0.05) is 25.2 Å². The van der Waals surface area contributed by atoms with Gasteiger partial charge in [0.1, 0.15) is 0 Å². The number of hydrogen-bond donors (Lipinski definition) is 1. The number of fused-ring (bicyclic) bond motifs is 1. The van der Waals surface area contributed by atoms with Crippen LogP contribution in [0.25, 0.3) is 0 Å². The first-order valence-corrected chi connectivity index (χ1v) is 9.60. The normalized spacial score (nSPS) is 23.4. The second-order valence-electron chi connectivity index (χ2n) is 6.77. The number of nitrogens with zero attached hydrogens (tertiary/aromatic N) is 2. The van der Waals surface area contributed by atoms with Crippen LogP contribution in [-0.4, -0.2) is 56.2 Å². The highest BCUT2D eigenvalue weighted by atomic mass is 32.2. The van der Waals surface area contributed by atoms with E-state index in [2.05, 4.69) is 0 Å². The van der Waals surface area contributed by atoms with Crippen molar-refractivity contribution in [3.8, 4) is 0 Å². The van der Waals surface area contributed by atoms with E-state index in [1.165, 1.54) is 4.31 Å². The van der Waals surface area contributed by atoms with Gasteiger partial charge >= 0.3 is 5.97 Å². The predicted octanol–water partition coefficient (Wildman–Crippen LogP) is 0.946. The summed E-state index contributed by atoms with van der Waals surface area (Å²) in [6, 6.07) is 4.99. The maximum Gasteiger partial charge on any atom is 0.311 e. The number of carboxylic acids is 1. The molecule has 1 atom stereocenters. The number of anilines is 1. The lowest BCUT2D eigenvalue weighted by Gasteiger charge is -2.21. The Labute approximate surface area is 140 Å². The molecule has 1 amide bonds. The minimum absolute atomic E-state index is 0.188. The Bertz CT molecular complexity index is 820. The van der Waals surface area contributed by atoms with Crippen molar-refractivity contribution in [2.75, 3.05) is 30.2 Å². The molecule has 0 radical (unpaired) electrons. The molecule has 24 heavy (non-hydrogen) atoms. The Morgan fingerprint density at radius 2 is 1.96 bits per heavy atom. The van der Waals surface area contributed by atoms with Crippen molar-refractivity contribution in [1.82, 2.24) is 4.90 Å². The van der Waals surface area contributed by atoms with Gasteiger partial charge in [0.2, 0.25) is 10.0 Å². The zero-order chi connectivity index (χ0) is 17.7. The Morgan fingerprint density at radius 3 is 2.54 bits per heavy atom. The molecule has 3 rings (SSSR count). The number of likely N-dealkylation sites (tertiary alicyclic amines) is 1. The van der Waals surface area contributed by atoms with Crippen LogP contribution in [0.15, 0.2) is 18.2 Å². The van der Waals surface area contributed by atoms with E-state index in [0.717, 1.165) is 11.8 Å². The molecule has 1 unspecified atom stereocenters. The molecule has 1 aromatic carbocycles. The molecular formula is C16H20N2O5S. The van der Waals surface area contributed by atoms with Gasteiger partial charge < -0.3 is 10.0 Å². The van der Waals surface area contributed by atoms with Gasteiger partial charge in [-0.2, -0.15) is 0 Å². The van der Waals surface area contributed by atoms with Gasteiger partial charge in [-0.1, -0.05) is 0 Å². The Balaban J connectivity index is 1.83. The average molecular weight is 352 g/mol. The molecule has 0 bridgehead atoms. The predicted molar refractivity (Wildman–Crippen MR) is 88.6 cm³/mol. The van der Waals surface area contributed by atoms with Gasteiger partial charge in [-0.25, -0.2) is 8.42 Å². The zero-order valence-electron chi connectivity index (χ0n) is 13.7. The maximum absolute atomic E-state index is 12.6. The Hall–Kier alpha value is -2.09. The molecule has 0 aliphatic carbocycles. The SMILES string of the molecule is CC1(C(=O)O)CCN(C(=O)c2ccc3c(c2)CCN3S(C)(=O)=O)C1. The molecule has 130 valence electrons. The van der Waals surface area contributed by atoms with Gasteiger partial charge in [-0.05, 0) is 43.5 Å². The molecule has 0 aromatic heterocycles. The van der Waals surface area contributed by atoms with Crippen LogP contribution >= 0.6 is 0 Å². The molecule has 1 N–H and O–H groups in total. The molecule has 2 aliphatic heterocycles. The number of rotatable bonds is 3. The van der Waals surface area contributed by atoms with E-state index >= 15 is 0 Å². The summed E-state index contributed by atoms with van der Waals surface area (Å²) in [6.45, 7) is 2.63. The first kappa shape index (κ1) is 16.8. The smallest absolute Gasteiger partial charge is 0.311 e. The summed E-state index contributed by atoms with van der Waals surface area (Å²) in [6.07, 6.45) is 2.16. The van der Waals surface area contributed by atoms with Gasteiger partial charge in [0.15, 0.2) is 0 Å². The van der Waals surface area contributed by atoms with Crippen molar-refractivity contribution in [3.63, 3.8) is 0 Å². The molecule has 2 heterocycles.